The third-order valence-electron chi connectivity index (χ3n) is 3.50. The van der Waals surface area contributed by atoms with Crippen molar-refractivity contribution in [2.75, 3.05) is 20.1 Å². The maximum absolute atomic E-state index is 13.4. The molecule has 2 fully saturated rings. The smallest absolute Gasteiger partial charge is 0.164 e. The van der Waals surface area contributed by atoms with Crippen LogP contribution in [0.2, 0.25) is 0 Å². The summed E-state index contributed by atoms with van der Waals surface area (Å²) in [4.78, 5) is 2.31. The van der Waals surface area contributed by atoms with Gasteiger partial charge in [0.2, 0.25) is 0 Å². The van der Waals surface area contributed by atoms with Crippen molar-refractivity contribution in [2.45, 2.75) is 19.8 Å². The second kappa shape index (κ2) is 4.17. The van der Waals surface area contributed by atoms with Crippen LogP contribution in [0.1, 0.15) is 25.5 Å². The highest BCUT2D eigenvalue weighted by Crippen LogP contribution is 2.57. The third-order valence-corrected chi connectivity index (χ3v) is 3.50. The molecule has 4 heteroatoms. The van der Waals surface area contributed by atoms with Crippen molar-refractivity contribution in [3.63, 3.8) is 0 Å². The van der Waals surface area contributed by atoms with E-state index in [-0.39, 0.29) is 5.82 Å². The van der Waals surface area contributed by atoms with Crippen LogP contribution >= 0.6 is 0 Å². The summed E-state index contributed by atoms with van der Waals surface area (Å²) in [5.41, 5.74) is 0.690. The average Bonchev–Trinajstić information content (AvgIpc) is 2.58. The van der Waals surface area contributed by atoms with E-state index in [0.717, 1.165) is 13.1 Å². The molecule has 0 amide bonds. The van der Waals surface area contributed by atoms with Crippen LogP contribution in [-0.4, -0.2) is 34.8 Å². The summed E-state index contributed by atoms with van der Waals surface area (Å²) in [7, 11) is 3.90. The summed E-state index contributed by atoms with van der Waals surface area (Å²) in [6.45, 7) is 6.21. The Kier molecular flexibility index (Phi) is 3.02. The number of aromatic nitrogens is 2. The van der Waals surface area contributed by atoms with Gasteiger partial charge >= 0.3 is 0 Å². The lowest BCUT2D eigenvalue weighted by Crippen LogP contribution is -2.18. The van der Waals surface area contributed by atoms with Gasteiger partial charge in [0.25, 0.3) is 0 Å². The van der Waals surface area contributed by atoms with Gasteiger partial charge in [-0.25, -0.2) is 4.39 Å². The van der Waals surface area contributed by atoms with Gasteiger partial charge in [-0.1, -0.05) is 13.8 Å². The molecule has 1 aliphatic heterocycles. The number of piperidine rings is 1. The first-order valence-corrected chi connectivity index (χ1v) is 6.04. The lowest BCUT2D eigenvalue weighted by Gasteiger charge is -2.11. The molecule has 16 heavy (non-hydrogen) atoms. The normalized spacial score (nSPS) is 31.9. The number of nitrogens with zero attached hydrogens (tertiary/aromatic N) is 3. The maximum Gasteiger partial charge on any atom is 0.164 e. The number of halogens is 1. The van der Waals surface area contributed by atoms with Gasteiger partial charge in [0.15, 0.2) is 5.82 Å². The molecule has 1 aromatic rings. The highest BCUT2D eigenvalue weighted by molar-refractivity contribution is 5.25. The van der Waals surface area contributed by atoms with Crippen LogP contribution in [0.5, 0.6) is 0 Å². The highest BCUT2D eigenvalue weighted by Gasteiger charge is 2.57. The first kappa shape index (κ1) is 11.6. The number of aryl methyl sites for hydroxylation is 1. The number of hydrogen-bond donors (Lipinski definition) is 0. The summed E-state index contributed by atoms with van der Waals surface area (Å²) >= 11 is 0. The Morgan fingerprint density at radius 1 is 1.25 bits per heavy atom. The van der Waals surface area contributed by atoms with Crippen molar-refractivity contribution in [1.29, 1.82) is 0 Å². The molecule has 1 aliphatic carbocycles. The minimum atomic E-state index is -0.130. The molecule has 1 saturated heterocycles. The van der Waals surface area contributed by atoms with Crippen LogP contribution in [-0.2, 0) is 7.05 Å². The predicted octanol–water partition coefficient (Wildman–Crippen LogP) is 1.86. The van der Waals surface area contributed by atoms with Crippen LogP contribution < -0.4 is 0 Å². The first-order valence-electron chi connectivity index (χ1n) is 6.04. The largest absolute Gasteiger partial charge is 0.306 e. The van der Waals surface area contributed by atoms with E-state index >= 15 is 0 Å². The van der Waals surface area contributed by atoms with E-state index in [1.54, 1.807) is 11.7 Å². The van der Waals surface area contributed by atoms with Gasteiger partial charge in [-0.2, -0.15) is 5.10 Å². The van der Waals surface area contributed by atoms with Gasteiger partial charge in [0.05, 0.1) is 6.20 Å². The molecule has 2 atom stereocenters. The summed E-state index contributed by atoms with van der Waals surface area (Å²) in [5, 5.41) is 4.20. The number of likely N-dealkylation sites (tertiary alicyclic amines) is 1. The van der Waals surface area contributed by atoms with Crippen molar-refractivity contribution in [1.82, 2.24) is 14.7 Å². The highest BCUT2D eigenvalue weighted by atomic mass is 19.1. The van der Waals surface area contributed by atoms with Crippen molar-refractivity contribution < 1.29 is 4.39 Å². The summed E-state index contributed by atoms with van der Waals surface area (Å²) in [5.74, 6) is 1.58. The molecular formula is C12H20FN3. The Morgan fingerprint density at radius 2 is 1.81 bits per heavy atom. The van der Waals surface area contributed by atoms with E-state index in [2.05, 4.69) is 17.0 Å². The monoisotopic (exact) mass is 225 g/mol. The van der Waals surface area contributed by atoms with Crippen molar-refractivity contribution in [2.24, 2.45) is 18.9 Å². The minimum absolute atomic E-state index is 0.130. The van der Waals surface area contributed by atoms with Crippen molar-refractivity contribution >= 4 is 0 Å². The van der Waals surface area contributed by atoms with E-state index in [1.807, 2.05) is 13.8 Å². The van der Waals surface area contributed by atoms with Crippen molar-refractivity contribution in [3.8, 4) is 0 Å². The Morgan fingerprint density at radius 3 is 2.25 bits per heavy atom. The lowest BCUT2D eigenvalue weighted by atomic mass is 10.2. The van der Waals surface area contributed by atoms with E-state index in [0.29, 0.717) is 23.4 Å². The van der Waals surface area contributed by atoms with Crippen LogP contribution in [0.25, 0.3) is 0 Å². The van der Waals surface area contributed by atoms with E-state index in [1.165, 1.54) is 6.20 Å². The molecule has 90 valence electrons. The van der Waals surface area contributed by atoms with Gasteiger partial charge < -0.3 is 4.90 Å². The Hall–Kier alpha value is -0.900. The van der Waals surface area contributed by atoms with Crippen molar-refractivity contribution in [3.05, 3.63) is 17.7 Å². The summed E-state index contributed by atoms with van der Waals surface area (Å²) in [6.07, 6.45) is 1.47. The van der Waals surface area contributed by atoms with Crippen LogP contribution in [0.3, 0.4) is 0 Å². The molecule has 0 aromatic carbocycles. The molecule has 3 rings (SSSR count). The van der Waals surface area contributed by atoms with Crippen LogP contribution in [0.4, 0.5) is 4.39 Å². The van der Waals surface area contributed by atoms with Gasteiger partial charge in [-0.05, 0) is 18.9 Å². The molecule has 0 spiro atoms. The minimum Gasteiger partial charge on any atom is -0.306 e. The number of rotatable bonds is 1. The Balaban J connectivity index is 0.000000457. The molecule has 1 saturated carbocycles. The molecule has 0 N–H and O–H groups in total. The third kappa shape index (κ3) is 1.75. The molecule has 2 unspecified atom stereocenters. The Bertz CT molecular complexity index is 362. The van der Waals surface area contributed by atoms with Gasteiger partial charge in [0, 0.05) is 26.1 Å². The van der Waals surface area contributed by atoms with E-state index in [9.17, 15) is 4.39 Å². The zero-order valence-electron chi connectivity index (χ0n) is 10.4. The predicted molar refractivity (Wildman–Crippen MR) is 61.7 cm³/mol. The topological polar surface area (TPSA) is 21.1 Å². The molecule has 3 nitrogen and oxygen atoms in total. The first-order chi connectivity index (χ1) is 7.66. The summed E-state index contributed by atoms with van der Waals surface area (Å²) < 4.78 is 15.0. The fourth-order valence-corrected chi connectivity index (χ4v) is 2.85. The van der Waals surface area contributed by atoms with E-state index < -0.39 is 0 Å². The fraction of sp³-hybridized carbons (Fsp3) is 0.750. The molecule has 2 heterocycles. The average molecular weight is 225 g/mol. The molecule has 1 aromatic heterocycles. The molecular weight excluding hydrogens is 205 g/mol. The standard InChI is InChI=1S/C10H14FN3.C2H6/c1-13-3-6-7(4-13)9(6)10-8(11)5-14(2)12-10;1-2/h5-7,9H,3-4H2,1-2H3;1-2H3. The molecule has 2 aliphatic rings. The second-order valence-corrected chi connectivity index (χ2v) is 4.61. The molecule has 0 radical (unpaired) electrons. The quantitative estimate of drug-likeness (QED) is 0.727. The van der Waals surface area contributed by atoms with Gasteiger partial charge in [-0.15, -0.1) is 0 Å². The van der Waals surface area contributed by atoms with Crippen LogP contribution in [0.15, 0.2) is 6.20 Å². The zero-order valence-corrected chi connectivity index (χ0v) is 10.4. The maximum atomic E-state index is 13.4. The number of hydrogen-bond acceptors (Lipinski definition) is 2. The zero-order chi connectivity index (χ0) is 11.9. The molecule has 0 bridgehead atoms. The van der Waals surface area contributed by atoms with Gasteiger partial charge in [0.1, 0.15) is 5.69 Å². The van der Waals surface area contributed by atoms with E-state index in [4.69, 9.17) is 0 Å². The second-order valence-electron chi connectivity index (χ2n) is 4.61. The lowest BCUT2D eigenvalue weighted by molar-refractivity contribution is 0.359. The summed E-state index contributed by atoms with van der Waals surface area (Å²) in [6, 6.07) is 0. The SMILES string of the molecule is CC.CN1CC2C(C1)C2c1nn(C)cc1F. The Labute approximate surface area is 96.2 Å². The van der Waals surface area contributed by atoms with Gasteiger partial charge in [-0.3, -0.25) is 4.68 Å². The van der Waals surface area contributed by atoms with Crippen LogP contribution in [0, 0.1) is 17.7 Å². The number of fused-ring (bicyclic) bond motifs is 1. The fourth-order valence-electron chi connectivity index (χ4n) is 2.85.